The maximum Gasteiger partial charge on any atom is 0.262 e. The van der Waals surface area contributed by atoms with Crippen molar-refractivity contribution in [2.45, 2.75) is 24.6 Å². The van der Waals surface area contributed by atoms with Gasteiger partial charge in [0, 0.05) is 13.1 Å². The maximum atomic E-state index is 11.7. The second-order valence-electron chi connectivity index (χ2n) is 5.43. The van der Waals surface area contributed by atoms with E-state index in [2.05, 4.69) is 10.6 Å². The van der Waals surface area contributed by atoms with E-state index in [0.717, 1.165) is 18.4 Å². The van der Waals surface area contributed by atoms with E-state index in [9.17, 15) is 13.2 Å². The Morgan fingerprint density at radius 2 is 2.24 bits per heavy atom. The lowest BCUT2D eigenvalue weighted by Crippen LogP contribution is -2.30. The standard InChI is InChI=1S/C14H18N2O4S/c17-14-9-20-13-4-3-10(6-12(13)16-14)7-15-8-11-2-1-5-21(11,18)19/h3-4,6,11,15H,1-2,5,7-9H2,(H,16,17). The molecule has 0 saturated carbocycles. The Kier molecular flexibility index (Phi) is 3.86. The van der Waals surface area contributed by atoms with Crippen molar-refractivity contribution in [3.8, 4) is 5.75 Å². The summed E-state index contributed by atoms with van der Waals surface area (Å²) in [5.41, 5.74) is 1.65. The van der Waals surface area contributed by atoms with Crippen LogP contribution in [0.2, 0.25) is 0 Å². The monoisotopic (exact) mass is 310 g/mol. The Hall–Kier alpha value is -1.60. The van der Waals surface area contributed by atoms with Crippen LogP contribution in [0.4, 0.5) is 5.69 Å². The first-order chi connectivity index (χ1) is 10.0. The van der Waals surface area contributed by atoms with E-state index in [-0.39, 0.29) is 17.8 Å². The summed E-state index contributed by atoms with van der Waals surface area (Å²) in [5, 5.41) is 5.68. The van der Waals surface area contributed by atoms with E-state index in [0.29, 0.717) is 30.3 Å². The zero-order chi connectivity index (χ0) is 14.9. The second-order valence-corrected chi connectivity index (χ2v) is 7.83. The van der Waals surface area contributed by atoms with E-state index in [1.807, 2.05) is 18.2 Å². The van der Waals surface area contributed by atoms with Crippen molar-refractivity contribution >= 4 is 21.4 Å². The molecule has 6 nitrogen and oxygen atoms in total. The lowest BCUT2D eigenvalue weighted by atomic mass is 10.1. The smallest absolute Gasteiger partial charge is 0.262 e. The van der Waals surface area contributed by atoms with Gasteiger partial charge < -0.3 is 15.4 Å². The number of fused-ring (bicyclic) bond motifs is 1. The topological polar surface area (TPSA) is 84.5 Å². The molecule has 2 aliphatic heterocycles. The van der Waals surface area contributed by atoms with Crippen molar-refractivity contribution in [2.75, 3.05) is 24.2 Å². The number of benzene rings is 1. The number of sulfone groups is 1. The first-order valence-corrected chi connectivity index (χ1v) is 8.74. The van der Waals surface area contributed by atoms with Gasteiger partial charge in [0.25, 0.3) is 5.91 Å². The number of ether oxygens (including phenoxy) is 1. The maximum absolute atomic E-state index is 11.7. The van der Waals surface area contributed by atoms with Gasteiger partial charge in [0.1, 0.15) is 5.75 Å². The number of hydrogen-bond donors (Lipinski definition) is 2. The highest BCUT2D eigenvalue weighted by atomic mass is 32.2. The molecule has 0 bridgehead atoms. The van der Waals surface area contributed by atoms with Gasteiger partial charge in [-0.15, -0.1) is 0 Å². The Balaban J connectivity index is 1.59. The molecule has 1 fully saturated rings. The van der Waals surface area contributed by atoms with Crippen LogP contribution in [0.15, 0.2) is 18.2 Å². The van der Waals surface area contributed by atoms with Gasteiger partial charge in [0.15, 0.2) is 16.4 Å². The number of anilines is 1. The molecule has 0 aliphatic carbocycles. The molecule has 1 amide bonds. The summed E-state index contributed by atoms with van der Waals surface area (Å²) in [4.78, 5) is 11.3. The van der Waals surface area contributed by atoms with E-state index in [1.165, 1.54) is 0 Å². The summed E-state index contributed by atoms with van der Waals surface area (Å²) in [6.07, 6.45) is 1.50. The fraction of sp³-hybridized carbons (Fsp3) is 0.500. The number of hydrogen-bond acceptors (Lipinski definition) is 5. The van der Waals surface area contributed by atoms with E-state index >= 15 is 0 Å². The Bertz CT molecular complexity index is 657. The largest absolute Gasteiger partial charge is 0.482 e. The average Bonchev–Trinajstić information content (AvgIpc) is 2.77. The number of carbonyl (C=O) groups is 1. The van der Waals surface area contributed by atoms with Gasteiger partial charge in [-0.1, -0.05) is 6.07 Å². The lowest BCUT2D eigenvalue weighted by molar-refractivity contribution is -0.118. The second kappa shape index (κ2) is 5.65. The van der Waals surface area contributed by atoms with Crippen LogP contribution in [0.1, 0.15) is 18.4 Å². The minimum absolute atomic E-state index is 0.0458. The summed E-state index contributed by atoms with van der Waals surface area (Å²) in [7, 11) is -2.90. The molecule has 2 aliphatic rings. The SMILES string of the molecule is O=C1COc2ccc(CNCC3CCCS3(=O)=O)cc2N1. The zero-order valence-corrected chi connectivity index (χ0v) is 12.4. The molecule has 0 spiro atoms. The fourth-order valence-electron chi connectivity index (χ4n) is 2.71. The van der Waals surface area contributed by atoms with E-state index in [1.54, 1.807) is 0 Å². The average molecular weight is 310 g/mol. The van der Waals surface area contributed by atoms with Gasteiger partial charge in [-0.05, 0) is 30.5 Å². The van der Waals surface area contributed by atoms with Crippen molar-refractivity contribution in [2.24, 2.45) is 0 Å². The van der Waals surface area contributed by atoms with Gasteiger partial charge in [0.05, 0.1) is 16.7 Å². The number of amides is 1. The van der Waals surface area contributed by atoms with Crippen LogP contribution in [0.25, 0.3) is 0 Å². The van der Waals surface area contributed by atoms with Crippen LogP contribution in [-0.2, 0) is 21.2 Å². The molecule has 1 aromatic rings. The van der Waals surface area contributed by atoms with Crippen molar-refractivity contribution < 1.29 is 17.9 Å². The van der Waals surface area contributed by atoms with Crippen LogP contribution < -0.4 is 15.4 Å². The third-order valence-electron chi connectivity index (χ3n) is 3.84. The molecular weight excluding hydrogens is 292 g/mol. The molecule has 2 N–H and O–H groups in total. The van der Waals surface area contributed by atoms with Crippen LogP contribution in [-0.4, -0.2) is 38.5 Å². The summed E-state index contributed by atoms with van der Waals surface area (Å²) in [6, 6.07) is 5.58. The minimum atomic E-state index is -2.90. The summed E-state index contributed by atoms with van der Waals surface area (Å²) in [6.45, 7) is 1.08. The van der Waals surface area contributed by atoms with Crippen LogP contribution in [0, 0.1) is 0 Å². The van der Waals surface area contributed by atoms with E-state index in [4.69, 9.17) is 4.74 Å². The Morgan fingerprint density at radius 3 is 3.00 bits per heavy atom. The molecule has 21 heavy (non-hydrogen) atoms. The van der Waals surface area contributed by atoms with Gasteiger partial charge in [-0.2, -0.15) is 0 Å². The van der Waals surface area contributed by atoms with E-state index < -0.39 is 9.84 Å². The van der Waals surface area contributed by atoms with Crippen molar-refractivity contribution in [3.05, 3.63) is 23.8 Å². The number of nitrogens with one attached hydrogen (secondary N) is 2. The Morgan fingerprint density at radius 1 is 1.38 bits per heavy atom. The predicted molar refractivity (Wildman–Crippen MR) is 79.1 cm³/mol. The molecule has 2 heterocycles. The Labute approximate surface area is 123 Å². The first-order valence-electron chi connectivity index (χ1n) is 7.02. The molecule has 1 saturated heterocycles. The van der Waals surface area contributed by atoms with Crippen LogP contribution >= 0.6 is 0 Å². The molecule has 1 unspecified atom stereocenters. The summed E-state index contributed by atoms with van der Waals surface area (Å²) < 4.78 is 28.7. The highest BCUT2D eigenvalue weighted by molar-refractivity contribution is 7.92. The van der Waals surface area contributed by atoms with Gasteiger partial charge >= 0.3 is 0 Å². The highest BCUT2D eigenvalue weighted by Crippen LogP contribution is 2.28. The summed E-state index contributed by atoms with van der Waals surface area (Å²) in [5.74, 6) is 0.808. The quantitative estimate of drug-likeness (QED) is 0.854. The zero-order valence-electron chi connectivity index (χ0n) is 11.6. The van der Waals surface area contributed by atoms with Crippen LogP contribution in [0.5, 0.6) is 5.75 Å². The van der Waals surface area contributed by atoms with Gasteiger partial charge in [0.2, 0.25) is 0 Å². The molecule has 7 heteroatoms. The molecule has 114 valence electrons. The van der Waals surface area contributed by atoms with Crippen molar-refractivity contribution in [3.63, 3.8) is 0 Å². The number of carbonyl (C=O) groups excluding carboxylic acids is 1. The molecule has 0 radical (unpaired) electrons. The normalized spacial score (nSPS) is 23.2. The predicted octanol–water partition coefficient (Wildman–Crippen LogP) is 0.684. The number of rotatable bonds is 4. The molecule has 3 rings (SSSR count). The third-order valence-corrected chi connectivity index (χ3v) is 6.12. The minimum Gasteiger partial charge on any atom is -0.482 e. The lowest BCUT2D eigenvalue weighted by Gasteiger charge is -2.18. The van der Waals surface area contributed by atoms with Gasteiger partial charge in [-0.25, -0.2) is 8.42 Å². The highest BCUT2D eigenvalue weighted by Gasteiger charge is 2.30. The molecular formula is C14H18N2O4S. The van der Waals surface area contributed by atoms with Crippen molar-refractivity contribution in [1.82, 2.24) is 5.32 Å². The molecule has 1 atom stereocenters. The van der Waals surface area contributed by atoms with Crippen LogP contribution in [0.3, 0.4) is 0 Å². The van der Waals surface area contributed by atoms with Gasteiger partial charge in [-0.3, -0.25) is 4.79 Å². The molecule has 0 aromatic heterocycles. The fourth-order valence-corrected chi connectivity index (χ4v) is 4.51. The third kappa shape index (κ3) is 3.19. The van der Waals surface area contributed by atoms with Crippen molar-refractivity contribution in [1.29, 1.82) is 0 Å². The first kappa shape index (κ1) is 14.3. The molecule has 1 aromatic carbocycles. The summed E-state index contributed by atoms with van der Waals surface area (Å²) >= 11 is 0.